The molecule has 5 nitrogen and oxygen atoms in total. The Balaban J connectivity index is 1.34. The number of aryl methyl sites for hydroxylation is 1. The molecule has 0 saturated heterocycles. The van der Waals surface area contributed by atoms with Crippen molar-refractivity contribution in [3.8, 4) is 5.75 Å². The minimum absolute atomic E-state index is 0.0762. The highest BCUT2D eigenvalue weighted by atomic mass is 19.1. The number of ether oxygens (including phenoxy) is 1. The van der Waals surface area contributed by atoms with E-state index in [9.17, 15) is 24.5 Å². The number of carboxylic acid groups (broad SMARTS) is 1. The molecule has 33 heavy (non-hydrogen) atoms. The summed E-state index contributed by atoms with van der Waals surface area (Å²) in [4.78, 5) is 11.3. The monoisotopic (exact) mass is 452 g/mol. The van der Waals surface area contributed by atoms with Gasteiger partial charge in [0.2, 0.25) is 0 Å². The molecular formula is C27H29FO5. The number of hydrogen-bond donors (Lipinski definition) is 3. The highest BCUT2D eigenvalue weighted by Crippen LogP contribution is 2.48. The van der Waals surface area contributed by atoms with Gasteiger partial charge in [0.1, 0.15) is 17.7 Å². The number of carboxylic acids is 1. The molecule has 0 amide bonds. The van der Waals surface area contributed by atoms with Crippen LogP contribution in [-0.4, -0.2) is 39.6 Å². The fourth-order valence-corrected chi connectivity index (χ4v) is 5.89. The van der Waals surface area contributed by atoms with Gasteiger partial charge < -0.3 is 20.1 Å². The van der Waals surface area contributed by atoms with E-state index in [4.69, 9.17) is 4.74 Å². The maximum Gasteiger partial charge on any atom is 0.335 e. The maximum absolute atomic E-state index is 13.4. The quantitative estimate of drug-likeness (QED) is 0.591. The lowest BCUT2D eigenvalue weighted by Gasteiger charge is -2.45. The van der Waals surface area contributed by atoms with Crippen LogP contribution in [0.3, 0.4) is 0 Å². The van der Waals surface area contributed by atoms with Crippen molar-refractivity contribution in [2.75, 3.05) is 0 Å². The van der Waals surface area contributed by atoms with Crippen LogP contribution >= 0.6 is 0 Å². The van der Waals surface area contributed by atoms with Gasteiger partial charge in [-0.2, -0.15) is 0 Å². The number of fused-ring (bicyclic) bond motifs is 2. The fraction of sp³-hybridized carbons (Fsp3) is 0.444. The van der Waals surface area contributed by atoms with Gasteiger partial charge in [-0.15, -0.1) is 0 Å². The summed E-state index contributed by atoms with van der Waals surface area (Å²) < 4.78 is 19.6. The first-order chi connectivity index (χ1) is 15.9. The summed E-state index contributed by atoms with van der Waals surface area (Å²) in [6, 6.07) is 11.4. The Kier molecular flexibility index (Phi) is 5.75. The Morgan fingerprint density at radius 2 is 1.94 bits per heavy atom. The maximum atomic E-state index is 13.4. The molecule has 0 aromatic heterocycles. The molecule has 0 spiro atoms. The van der Waals surface area contributed by atoms with Gasteiger partial charge in [0.05, 0.1) is 17.8 Å². The van der Waals surface area contributed by atoms with Gasteiger partial charge in [-0.25, -0.2) is 9.18 Å². The number of benzene rings is 2. The lowest BCUT2D eigenvalue weighted by atomic mass is 9.61. The molecule has 1 unspecified atom stereocenters. The van der Waals surface area contributed by atoms with Crippen LogP contribution < -0.4 is 4.74 Å². The minimum Gasteiger partial charge on any atom is -0.490 e. The van der Waals surface area contributed by atoms with Crippen molar-refractivity contribution in [2.45, 2.75) is 62.3 Å². The zero-order valence-electron chi connectivity index (χ0n) is 18.4. The molecule has 2 aromatic rings. The van der Waals surface area contributed by atoms with E-state index in [2.05, 4.69) is 0 Å². The Morgan fingerprint density at radius 3 is 2.61 bits per heavy atom. The topological polar surface area (TPSA) is 87.0 Å². The summed E-state index contributed by atoms with van der Waals surface area (Å²) in [6.45, 7) is 0. The van der Waals surface area contributed by atoms with E-state index in [0.717, 1.165) is 43.2 Å². The normalized spacial score (nSPS) is 28.8. The molecule has 5 rings (SSSR count). The van der Waals surface area contributed by atoms with E-state index in [1.807, 2.05) is 12.1 Å². The molecule has 2 fully saturated rings. The van der Waals surface area contributed by atoms with Gasteiger partial charge in [-0.3, -0.25) is 0 Å². The van der Waals surface area contributed by atoms with Crippen LogP contribution in [0, 0.1) is 17.7 Å². The van der Waals surface area contributed by atoms with E-state index in [1.165, 1.54) is 12.1 Å². The summed E-state index contributed by atoms with van der Waals surface area (Å²) in [5.74, 6) is -0.766. The zero-order chi connectivity index (χ0) is 23.2. The van der Waals surface area contributed by atoms with Gasteiger partial charge in [0, 0.05) is 23.7 Å². The number of halogens is 1. The number of aliphatic hydroxyl groups excluding tert-OH is 2. The van der Waals surface area contributed by atoms with Crippen LogP contribution in [0.2, 0.25) is 0 Å². The zero-order valence-corrected chi connectivity index (χ0v) is 18.4. The predicted molar refractivity (Wildman–Crippen MR) is 121 cm³/mol. The first kappa shape index (κ1) is 22.1. The molecule has 2 aromatic carbocycles. The van der Waals surface area contributed by atoms with Crippen LogP contribution in [-0.2, 0) is 11.8 Å². The Bertz CT molecular complexity index is 1060. The van der Waals surface area contributed by atoms with Gasteiger partial charge in [0.15, 0.2) is 0 Å². The highest BCUT2D eigenvalue weighted by molar-refractivity contribution is 5.88. The molecule has 3 aliphatic rings. The number of hydrogen-bond acceptors (Lipinski definition) is 4. The van der Waals surface area contributed by atoms with Crippen LogP contribution in [0.4, 0.5) is 4.39 Å². The summed E-state index contributed by atoms with van der Waals surface area (Å²) in [7, 11) is 0. The lowest BCUT2D eigenvalue weighted by molar-refractivity contribution is 0.0614. The third-order valence-corrected chi connectivity index (χ3v) is 7.98. The molecule has 5 atom stereocenters. The number of aromatic carboxylic acids is 1. The molecule has 1 heterocycles. The van der Waals surface area contributed by atoms with Crippen molar-refractivity contribution in [3.63, 3.8) is 0 Å². The Hall–Kier alpha value is -2.70. The Labute approximate surface area is 192 Å². The van der Waals surface area contributed by atoms with Crippen LogP contribution in [0.25, 0.3) is 0 Å². The highest BCUT2D eigenvalue weighted by Gasteiger charge is 2.46. The van der Waals surface area contributed by atoms with Crippen LogP contribution in [0.1, 0.15) is 53.6 Å². The number of aliphatic hydroxyl groups is 2. The fourth-order valence-electron chi connectivity index (χ4n) is 5.89. The van der Waals surface area contributed by atoms with Crippen molar-refractivity contribution >= 4 is 5.97 Å². The molecule has 6 heteroatoms. The molecule has 1 aliphatic heterocycles. The van der Waals surface area contributed by atoms with E-state index < -0.39 is 23.6 Å². The lowest BCUT2D eigenvalue weighted by Crippen LogP contribution is -2.44. The largest absolute Gasteiger partial charge is 0.490 e. The molecular weight excluding hydrogens is 423 g/mol. The number of rotatable bonds is 5. The van der Waals surface area contributed by atoms with E-state index >= 15 is 0 Å². The SMILES string of the molecule is O=C(O)c1ccc2c(c1)O[C@H]1C[C@@H](O)[C@H](/C=C/C(O)C3(c4ccc(F)cc4)CCC3)[C@H]1CC2. The minimum atomic E-state index is -0.991. The van der Waals surface area contributed by atoms with Crippen LogP contribution in [0.15, 0.2) is 54.6 Å². The third-order valence-electron chi connectivity index (χ3n) is 7.98. The molecule has 174 valence electrons. The molecule has 2 saturated carbocycles. The number of carbonyl (C=O) groups is 1. The average Bonchev–Trinajstić information content (AvgIpc) is 2.93. The second-order valence-corrected chi connectivity index (χ2v) is 9.71. The van der Waals surface area contributed by atoms with Crippen molar-refractivity contribution in [1.82, 2.24) is 0 Å². The summed E-state index contributed by atoms with van der Waals surface area (Å²) >= 11 is 0. The van der Waals surface area contributed by atoms with E-state index in [1.54, 1.807) is 30.3 Å². The van der Waals surface area contributed by atoms with E-state index in [0.29, 0.717) is 12.2 Å². The van der Waals surface area contributed by atoms with Crippen molar-refractivity contribution in [1.29, 1.82) is 0 Å². The van der Waals surface area contributed by atoms with Gasteiger partial charge in [-0.05, 0) is 61.1 Å². The predicted octanol–water partition coefficient (Wildman–Crippen LogP) is 4.25. The Morgan fingerprint density at radius 1 is 1.18 bits per heavy atom. The molecule has 2 aliphatic carbocycles. The molecule has 3 N–H and O–H groups in total. The standard InChI is InChI=1S/C27H29FO5/c28-19-7-5-18(6-8-19)27(12-1-13-27)25(30)11-10-20-21-9-4-16-2-3-17(26(31)32)14-23(16)33-24(21)15-22(20)29/h2-3,5-8,10-11,14,20-22,24-25,29-30H,1,4,9,12-13,15H2,(H,31,32)/b11-10+/t20-,21-,22-,24+,25?/m1/s1. The molecule has 0 radical (unpaired) electrons. The van der Waals surface area contributed by atoms with Gasteiger partial charge in [0.25, 0.3) is 0 Å². The second-order valence-electron chi connectivity index (χ2n) is 9.71. The first-order valence-corrected chi connectivity index (χ1v) is 11.7. The smallest absolute Gasteiger partial charge is 0.335 e. The first-order valence-electron chi connectivity index (χ1n) is 11.7. The molecule has 0 bridgehead atoms. The summed E-state index contributed by atoms with van der Waals surface area (Å²) in [5, 5.41) is 31.2. The van der Waals surface area contributed by atoms with Crippen molar-refractivity contribution in [2.24, 2.45) is 11.8 Å². The van der Waals surface area contributed by atoms with E-state index in [-0.39, 0.29) is 29.3 Å². The summed E-state index contributed by atoms with van der Waals surface area (Å²) in [6.07, 6.45) is 6.96. The average molecular weight is 453 g/mol. The summed E-state index contributed by atoms with van der Waals surface area (Å²) in [5.41, 5.74) is 1.71. The van der Waals surface area contributed by atoms with Crippen molar-refractivity contribution < 1.29 is 29.2 Å². The van der Waals surface area contributed by atoms with Gasteiger partial charge >= 0.3 is 5.97 Å². The van der Waals surface area contributed by atoms with Crippen molar-refractivity contribution in [3.05, 3.63) is 77.1 Å². The third kappa shape index (κ3) is 3.96. The second kappa shape index (κ2) is 8.58. The van der Waals surface area contributed by atoms with Crippen LogP contribution in [0.5, 0.6) is 5.75 Å². The van der Waals surface area contributed by atoms with Gasteiger partial charge in [-0.1, -0.05) is 36.8 Å².